The first-order chi connectivity index (χ1) is 10.1. The van der Waals surface area contributed by atoms with E-state index < -0.39 is 0 Å². The molecule has 1 aromatic heterocycles. The Bertz CT molecular complexity index is 581. The molecule has 0 aliphatic heterocycles. The SMILES string of the molecule is COc1ccc(CNc2cc(C)nc(NC(C)C)n2)cc1. The third-order valence-electron chi connectivity index (χ3n) is 2.90. The molecule has 2 rings (SSSR count). The van der Waals surface area contributed by atoms with E-state index in [1.165, 1.54) is 5.56 Å². The zero-order valence-corrected chi connectivity index (χ0v) is 13.0. The molecule has 0 aliphatic carbocycles. The molecule has 1 heterocycles. The maximum absolute atomic E-state index is 5.15. The maximum atomic E-state index is 5.15. The molecule has 1 aromatic carbocycles. The zero-order chi connectivity index (χ0) is 15.2. The number of benzene rings is 1. The van der Waals surface area contributed by atoms with Crippen LogP contribution in [-0.4, -0.2) is 23.1 Å². The highest BCUT2D eigenvalue weighted by atomic mass is 16.5. The van der Waals surface area contributed by atoms with E-state index in [-0.39, 0.29) is 0 Å². The highest BCUT2D eigenvalue weighted by Crippen LogP contribution is 2.14. The molecule has 0 atom stereocenters. The Kier molecular flexibility index (Phi) is 4.98. The Hall–Kier alpha value is -2.30. The summed E-state index contributed by atoms with van der Waals surface area (Å²) >= 11 is 0. The van der Waals surface area contributed by atoms with Crippen LogP contribution in [-0.2, 0) is 6.54 Å². The Labute approximate surface area is 125 Å². The summed E-state index contributed by atoms with van der Waals surface area (Å²) in [4.78, 5) is 8.84. The van der Waals surface area contributed by atoms with Gasteiger partial charge in [0.2, 0.25) is 5.95 Å². The van der Waals surface area contributed by atoms with Gasteiger partial charge in [0.15, 0.2) is 0 Å². The maximum Gasteiger partial charge on any atom is 0.225 e. The predicted octanol–water partition coefficient (Wildman–Crippen LogP) is 3.23. The van der Waals surface area contributed by atoms with Crippen molar-refractivity contribution in [2.75, 3.05) is 17.7 Å². The van der Waals surface area contributed by atoms with Gasteiger partial charge in [-0.05, 0) is 38.5 Å². The van der Waals surface area contributed by atoms with Crippen molar-refractivity contribution >= 4 is 11.8 Å². The number of hydrogen-bond donors (Lipinski definition) is 2. The van der Waals surface area contributed by atoms with Gasteiger partial charge in [-0.25, -0.2) is 4.98 Å². The molecule has 0 saturated carbocycles. The minimum absolute atomic E-state index is 0.307. The number of hydrogen-bond acceptors (Lipinski definition) is 5. The molecule has 2 N–H and O–H groups in total. The van der Waals surface area contributed by atoms with Gasteiger partial charge in [0.05, 0.1) is 7.11 Å². The fraction of sp³-hybridized carbons (Fsp3) is 0.375. The molecule has 0 fully saturated rings. The monoisotopic (exact) mass is 286 g/mol. The van der Waals surface area contributed by atoms with Crippen LogP contribution in [0.4, 0.5) is 11.8 Å². The van der Waals surface area contributed by atoms with Gasteiger partial charge in [-0.2, -0.15) is 4.98 Å². The van der Waals surface area contributed by atoms with Gasteiger partial charge in [0.25, 0.3) is 0 Å². The molecule has 21 heavy (non-hydrogen) atoms. The summed E-state index contributed by atoms with van der Waals surface area (Å²) in [5.74, 6) is 2.34. The molecule has 0 amide bonds. The first-order valence-electron chi connectivity index (χ1n) is 7.06. The van der Waals surface area contributed by atoms with E-state index in [1.807, 2.05) is 37.3 Å². The molecule has 0 bridgehead atoms. The standard InChI is InChI=1S/C16H22N4O/c1-11(2)18-16-19-12(3)9-15(20-16)17-10-13-5-7-14(21-4)8-6-13/h5-9,11H,10H2,1-4H3,(H2,17,18,19,20). The van der Waals surface area contributed by atoms with Crippen LogP contribution in [0.3, 0.4) is 0 Å². The molecule has 0 radical (unpaired) electrons. The van der Waals surface area contributed by atoms with Crippen molar-refractivity contribution in [1.82, 2.24) is 9.97 Å². The van der Waals surface area contributed by atoms with Crippen molar-refractivity contribution in [1.29, 1.82) is 0 Å². The first kappa shape index (κ1) is 15.1. The van der Waals surface area contributed by atoms with E-state index in [2.05, 4.69) is 34.4 Å². The Balaban J connectivity index is 2.03. The van der Waals surface area contributed by atoms with Gasteiger partial charge in [-0.15, -0.1) is 0 Å². The summed E-state index contributed by atoms with van der Waals surface area (Å²) in [6.45, 7) is 6.81. The van der Waals surface area contributed by atoms with Gasteiger partial charge < -0.3 is 15.4 Å². The molecule has 0 aliphatic rings. The Morgan fingerprint density at radius 2 is 1.86 bits per heavy atom. The molecule has 0 unspecified atom stereocenters. The Morgan fingerprint density at radius 1 is 1.14 bits per heavy atom. The summed E-state index contributed by atoms with van der Waals surface area (Å²) < 4.78 is 5.15. The van der Waals surface area contributed by atoms with Crippen molar-refractivity contribution in [3.05, 3.63) is 41.6 Å². The van der Waals surface area contributed by atoms with Crippen molar-refractivity contribution < 1.29 is 4.74 Å². The van der Waals surface area contributed by atoms with Crippen LogP contribution in [0.25, 0.3) is 0 Å². The second kappa shape index (κ2) is 6.92. The van der Waals surface area contributed by atoms with Crippen LogP contribution >= 0.6 is 0 Å². The van der Waals surface area contributed by atoms with Gasteiger partial charge in [-0.1, -0.05) is 12.1 Å². The fourth-order valence-corrected chi connectivity index (χ4v) is 1.92. The van der Waals surface area contributed by atoms with E-state index in [4.69, 9.17) is 4.74 Å². The molecule has 0 spiro atoms. The van der Waals surface area contributed by atoms with Gasteiger partial charge in [-0.3, -0.25) is 0 Å². The van der Waals surface area contributed by atoms with Crippen LogP contribution < -0.4 is 15.4 Å². The minimum Gasteiger partial charge on any atom is -0.497 e. The van der Waals surface area contributed by atoms with E-state index in [1.54, 1.807) is 7.11 Å². The number of ether oxygens (including phenoxy) is 1. The lowest BCUT2D eigenvalue weighted by atomic mass is 10.2. The lowest BCUT2D eigenvalue weighted by molar-refractivity contribution is 0.414. The van der Waals surface area contributed by atoms with E-state index >= 15 is 0 Å². The minimum atomic E-state index is 0.307. The summed E-state index contributed by atoms with van der Waals surface area (Å²) in [5, 5.41) is 6.54. The fourth-order valence-electron chi connectivity index (χ4n) is 1.92. The number of nitrogens with one attached hydrogen (secondary N) is 2. The average molecular weight is 286 g/mol. The topological polar surface area (TPSA) is 59.1 Å². The van der Waals surface area contributed by atoms with Crippen LogP contribution in [0.5, 0.6) is 5.75 Å². The highest BCUT2D eigenvalue weighted by Gasteiger charge is 2.03. The Morgan fingerprint density at radius 3 is 2.48 bits per heavy atom. The van der Waals surface area contributed by atoms with Crippen LogP contribution in [0.2, 0.25) is 0 Å². The van der Waals surface area contributed by atoms with E-state index in [0.717, 1.165) is 17.3 Å². The second-order valence-electron chi connectivity index (χ2n) is 5.22. The molecule has 5 nitrogen and oxygen atoms in total. The van der Waals surface area contributed by atoms with E-state index in [9.17, 15) is 0 Å². The van der Waals surface area contributed by atoms with Gasteiger partial charge in [0.1, 0.15) is 11.6 Å². The number of methoxy groups -OCH3 is 1. The van der Waals surface area contributed by atoms with Crippen LogP contribution in [0.15, 0.2) is 30.3 Å². The van der Waals surface area contributed by atoms with E-state index in [0.29, 0.717) is 18.5 Å². The summed E-state index contributed by atoms with van der Waals surface area (Å²) in [5.41, 5.74) is 2.11. The largest absolute Gasteiger partial charge is 0.497 e. The first-order valence-corrected chi connectivity index (χ1v) is 7.06. The molecule has 0 saturated heterocycles. The lowest BCUT2D eigenvalue weighted by Gasteiger charge is -2.12. The van der Waals surface area contributed by atoms with Crippen LogP contribution in [0, 0.1) is 6.92 Å². The zero-order valence-electron chi connectivity index (χ0n) is 13.0. The van der Waals surface area contributed by atoms with Crippen LogP contribution in [0.1, 0.15) is 25.1 Å². The molecule has 112 valence electrons. The number of nitrogens with zero attached hydrogens (tertiary/aromatic N) is 2. The predicted molar refractivity (Wildman–Crippen MR) is 85.8 cm³/mol. The second-order valence-corrected chi connectivity index (χ2v) is 5.22. The third-order valence-corrected chi connectivity index (χ3v) is 2.90. The van der Waals surface area contributed by atoms with Gasteiger partial charge in [0, 0.05) is 24.3 Å². The highest BCUT2D eigenvalue weighted by molar-refractivity contribution is 5.43. The third kappa shape index (κ3) is 4.63. The smallest absolute Gasteiger partial charge is 0.225 e. The molecular weight excluding hydrogens is 264 g/mol. The van der Waals surface area contributed by atoms with Crippen molar-refractivity contribution in [2.24, 2.45) is 0 Å². The summed E-state index contributed by atoms with van der Waals surface area (Å²) in [6.07, 6.45) is 0. The number of anilines is 2. The quantitative estimate of drug-likeness (QED) is 0.854. The van der Waals surface area contributed by atoms with Gasteiger partial charge >= 0.3 is 0 Å². The molecular formula is C16H22N4O. The average Bonchev–Trinajstić information content (AvgIpc) is 2.44. The normalized spacial score (nSPS) is 10.5. The lowest BCUT2D eigenvalue weighted by Crippen LogP contribution is -2.14. The number of rotatable bonds is 6. The molecule has 2 aromatic rings. The summed E-state index contributed by atoms with van der Waals surface area (Å²) in [7, 11) is 1.67. The van der Waals surface area contributed by atoms with Crippen molar-refractivity contribution in [2.45, 2.75) is 33.4 Å². The van der Waals surface area contributed by atoms with Crippen molar-refractivity contribution in [3.8, 4) is 5.75 Å². The molecule has 5 heteroatoms. The van der Waals surface area contributed by atoms with Crippen molar-refractivity contribution in [3.63, 3.8) is 0 Å². The summed E-state index contributed by atoms with van der Waals surface area (Å²) in [6, 6.07) is 10.2. The number of aromatic nitrogens is 2. The number of aryl methyl sites for hydroxylation is 1.